The van der Waals surface area contributed by atoms with E-state index in [0.29, 0.717) is 0 Å². The number of nitrogens with one attached hydrogen (secondary N) is 1. The molecule has 0 atom stereocenters. The first-order valence-corrected chi connectivity index (χ1v) is 5.26. The van der Waals surface area contributed by atoms with E-state index >= 15 is 0 Å². The monoisotopic (exact) mass is 226 g/mol. The summed E-state index contributed by atoms with van der Waals surface area (Å²) in [7, 11) is 0. The zero-order valence-corrected chi connectivity index (χ0v) is 9.44. The molecule has 1 radical (unpaired) electrons. The summed E-state index contributed by atoms with van der Waals surface area (Å²) < 4.78 is 5.61. The van der Waals surface area contributed by atoms with Gasteiger partial charge in [0.15, 0.2) is 0 Å². The summed E-state index contributed by atoms with van der Waals surface area (Å²) in [5.74, 6) is 1.40. The SMILES string of the molecule is CC(=O)Nc1ccc(Oc2cc[c]cc2)cc1. The molecule has 3 nitrogen and oxygen atoms in total. The van der Waals surface area contributed by atoms with Crippen molar-refractivity contribution in [1.82, 2.24) is 0 Å². The molecule has 0 aromatic heterocycles. The molecule has 0 saturated carbocycles. The first-order chi connectivity index (χ1) is 8.24. The predicted molar refractivity (Wildman–Crippen MR) is 66.1 cm³/mol. The largest absolute Gasteiger partial charge is 0.457 e. The highest BCUT2D eigenvalue weighted by molar-refractivity contribution is 5.88. The number of amides is 1. The molecule has 0 unspecified atom stereocenters. The van der Waals surface area contributed by atoms with Crippen LogP contribution < -0.4 is 10.1 Å². The van der Waals surface area contributed by atoms with Crippen molar-refractivity contribution >= 4 is 11.6 Å². The average molecular weight is 226 g/mol. The van der Waals surface area contributed by atoms with E-state index in [1.807, 2.05) is 24.3 Å². The maximum atomic E-state index is 10.8. The van der Waals surface area contributed by atoms with Crippen molar-refractivity contribution < 1.29 is 9.53 Å². The summed E-state index contributed by atoms with van der Waals surface area (Å²) in [6, 6.07) is 17.4. The van der Waals surface area contributed by atoms with Crippen LogP contribution in [0, 0.1) is 6.07 Å². The summed E-state index contributed by atoms with van der Waals surface area (Å²) in [5, 5.41) is 2.70. The fourth-order valence-corrected chi connectivity index (χ4v) is 1.39. The Morgan fingerprint density at radius 3 is 2.24 bits per heavy atom. The van der Waals surface area contributed by atoms with Gasteiger partial charge in [0.25, 0.3) is 0 Å². The van der Waals surface area contributed by atoms with E-state index in [1.165, 1.54) is 6.92 Å². The third-order valence-corrected chi connectivity index (χ3v) is 2.10. The topological polar surface area (TPSA) is 38.3 Å². The van der Waals surface area contributed by atoms with Crippen LogP contribution in [0.5, 0.6) is 11.5 Å². The molecule has 0 heterocycles. The molecule has 17 heavy (non-hydrogen) atoms. The van der Waals surface area contributed by atoms with Crippen LogP contribution in [0.15, 0.2) is 48.5 Å². The third-order valence-electron chi connectivity index (χ3n) is 2.10. The Labute approximate surface area is 100 Å². The fraction of sp³-hybridized carbons (Fsp3) is 0.0714. The van der Waals surface area contributed by atoms with E-state index in [-0.39, 0.29) is 5.91 Å². The Bertz CT molecular complexity index is 491. The lowest BCUT2D eigenvalue weighted by Crippen LogP contribution is -2.05. The molecule has 2 aromatic carbocycles. The quantitative estimate of drug-likeness (QED) is 0.872. The van der Waals surface area contributed by atoms with Gasteiger partial charge in [0.05, 0.1) is 0 Å². The molecule has 2 aromatic rings. The zero-order chi connectivity index (χ0) is 12.1. The predicted octanol–water partition coefficient (Wildman–Crippen LogP) is 3.24. The Morgan fingerprint density at radius 1 is 1.06 bits per heavy atom. The number of hydrogen-bond donors (Lipinski definition) is 1. The van der Waals surface area contributed by atoms with Gasteiger partial charge in [-0.3, -0.25) is 4.79 Å². The van der Waals surface area contributed by atoms with Gasteiger partial charge in [0.1, 0.15) is 11.5 Å². The van der Waals surface area contributed by atoms with Gasteiger partial charge in [-0.1, -0.05) is 12.1 Å². The smallest absolute Gasteiger partial charge is 0.221 e. The molecule has 0 aliphatic rings. The fourth-order valence-electron chi connectivity index (χ4n) is 1.39. The number of anilines is 1. The van der Waals surface area contributed by atoms with Gasteiger partial charge in [-0.2, -0.15) is 0 Å². The van der Waals surface area contributed by atoms with Crippen molar-refractivity contribution in [2.24, 2.45) is 0 Å². The number of carbonyl (C=O) groups is 1. The number of ether oxygens (including phenoxy) is 1. The van der Waals surface area contributed by atoms with Gasteiger partial charge in [0, 0.05) is 12.6 Å². The van der Waals surface area contributed by atoms with Crippen molar-refractivity contribution in [2.45, 2.75) is 6.92 Å². The van der Waals surface area contributed by atoms with Crippen molar-refractivity contribution in [1.29, 1.82) is 0 Å². The Hall–Kier alpha value is -2.29. The number of rotatable bonds is 3. The van der Waals surface area contributed by atoms with Gasteiger partial charge in [0.2, 0.25) is 5.91 Å². The highest BCUT2D eigenvalue weighted by Crippen LogP contribution is 2.22. The zero-order valence-electron chi connectivity index (χ0n) is 9.44. The maximum absolute atomic E-state index is 10.8. The standard InChI is InChI=1S/C14H12NO2/c1-11(16)15-12-7-9-14(10-8-12)17-13-5-3-2-4-6-13/h3-10H,1H3,(H,15,16). The highest BCUT2D eigenvalue weighted by atomic mass is 16.5. The molecule has 0 fully saturated rings. The van der Waals surface area contributed by atoms with Crippen LogP contribution in [0.4, 0.5) is 5.69 Å². The first kappa shape index (κ1) is 11.2. The van der Waals surface area contributed by atoms with Crippen molar-refractivity contribution in [3.8, 4) is 11.5 Å². The normalized spacial score (nSPS) is 9.71. The minimum absolute atomic E-state index is 0.0859. The Kier molecular flexibility index (Phi) is 3.40. The molecular weight excluding hydrogens is 214 g/mol. The molecule has 0 spiro atoms. The second kappa shape index (κ2) is 5.16. The highest BCUT2D eigenvalue weighted by Gasteiger charge is 1.98. The minimum atomic E-state index is -0.0859. The third kappa shape index (κ3) is 3.34. The van der Waals surface area contributed by atoms with Crippen LogP contribution in [-0.2, 0) is 4.79 Å². The lowest BCUT2D eigenvalue weighted by Gasteiger charge is -2.06. The van der Waals surface area contributed by atoms with Crippen LogP contribution >= 0.6 is 0 Å². The van der Waals surface area contributed by atoms with Gasteiger partial charge in [-0.15, -0.1) is 0 Å². The second-order valence-electron chi connectivity index (χ2n) is 3.54. The maximum Gasteiger partial charge on any atom is 0.221 e. The van der Waals surface area contributed by atoms with E-state index in [2.05, 4.69) is 11.4 Å². The Morgan fingerprint density at radius 2 is 1.65 bits per heavy atom. The summed E-state index contributed by atoms with van der Waals surface area (Å²) in [5.41, 5.74) is 0.756. The van der Waals surface area contributed by atoms with Gasteiger partial charge in [-0.05, 0) is 42.5 Å². The van der Waals surface area contributed by atoms with Gasteiger partial charge >= 0.3 is 0 Å². The lowest BCUT2D eigenvalue weighted by atomic mass is 10.3. The second-order valence-corrected chi connectivity index (χ2v) is 3.54. The molecule has 0 aliphatic heterocycles. The Balaban J connectivity index is 2.06. The first-order valence-electron chi connectivity index (χ1n) is 5.26. The number of hydrogen-bond acceptors (Lipinski definition) is 2. The minimum Gasteiger partial charge on any atom is -0.457 e. The van der Waals surface area contributed by atoms with Crippen molar-refractivity contribution in [3.05, 3.63) is 54.6 Å². The summed E-state index contributed by atoms with van der Waals surface area (Å²) >= 11 is 0. The number of carbonyl (C=O) groups excluding carboxylic acids is 1. The van der Waals surface area contributed by atoms with Gasteiger partial charge < -0.3 is 10.1 Å². The molecule has 3 heteroatoms. The molecule has 0 bridgehead atoms. The van der Waals surface area contributed by atoms with Crippen LogP contribution in [0.1, 0.15) is 6.92 Å². The number of benzene rings is 2. The van der Waals surface area contributed by atoms with E-state index in [1.54, 1.807) is 24.3 Å². The van der Waals surface area contributed by atoms with Crippen LogP contribution in [0.3, 0.4) is 0 Å². The lowest BCUT2D eigenvalue weighted by molar-refractivity contribution is -0.114. The molecule has 2 rings (SSSR count). The van der Waals surface area contributed by atoms with Crippen LogP contribution in [0.2, 0.25) is 0 Å². The summed E-state index contributed by atoms with van der Waals surface area (Å²) in [4.78, 5) is 10.8. The van der Waals surface area contributed by atoms with E-state index in [9.17, 15) is 4.79 Å². The molecule has 0 saturated heterocycles. The molecular formula is C14H12NO2. The average Bonchev–Trinajstić information content (AvgIpc) is 2.32. The summed E-state index contributed by atoms with van der Waals surface area (Å²) in [6.45, 7) is 1.48. The van der Waals surface area contributed by atoms with E-state index in [0.717, 1.165) is 17.2 Å². The van der Waals surface area contributed by atoms with Crippen molar-refractivity contribution in [2.75, 3.05) is 5.32 Å². The van der Waals surface area contributed by atoms with Crippen LogP contribution in [-0.4, -0.2) is 5.91 Å². The van der Waals surface area contributed by atoms with Crippen molar-refractivity contribution in [3.63, 3.8) is 0 Å². The van der Waals surface area contributed by atoms with Crippen LogP contribution in [0.25, 0.3) is 0 Å². The van der Waals surface area contributed by atoms with E-state index in [4.69, 9.17) is 4.74 Å². The molecule has 85 valence electrons. The van der Waals surface area contributed by atoms with E-state index < -0.39 is 0 Å². The molecule has 1 amide bonds. The summed E-state index contributed by atoms with van der Waals surface area (Å²) in [6.07, 6.45) is 0. The molecule has 0 aliphatic carbocycles. The van der Waals surface area contributed by atoms with Gasteiger partial charge in [-0.25, -0.2) is 0 Å². The molecule has 1 N–H and O–H groups in total.